The molecular formula is C13H18N2O3. The van der Waals surface area contributed by atoms with Gasteiger partial charge in [0.15, 0.2) is 0 Å². The second-order valence-corrected chi connectivity index (χ2v) is 3.98. The third-order valence-electron chi connectivity index (χ3n) is 2.62. The van der Waals surface area contributed by atoms with Crippen LogP contribution in [0.3, 0.4) is 0 Å². The van der Waals surface area contributed by atoms with Crippen LogP contribution in [0.15, 0.2) is 24.3 Å². The number of nitrogens with two attached hydrogens (primary N) is 1. The first-order valence-electron chi connectivity index (χ1n) is 5.77. The van der Waals surface area contributed by atoms with E-state index in [4.69, 9.17) is 10.5 Å². The zero-order chi connectivity index (χ0) is 13.5. The normalized spacial score (nSPS) is 11.7. The van der Waals surface area contributed by atoms with Crippen molar-refractivity contribution in [1.29, 1.82) is 0 Å². The highest BCUT2D eigenvalue weighted by molar-refractivity contribution is 5.79. The average Bonchev–Trinajstić information content (AvgIpc) is 2.37. The van der Waals surface area contributed by atoms with Crippen LogP contribution in [0.5, 0.6) is 0 Å². The van der Waals surface area contributed by atoms with Gasteiger partial charge in [0.1, 0.15) is 6.61 Å². The summed E-state index contributed by atoms with van der Waals surface area (Å²) in [6.45, 7) is 1.84. The van der Waals surface area contributed by atoms with E-state index in [1.54, 1.807) is 32.2 Å². The van der Waals surface area contributed by atoms with E-state index in [0.717, 1.165) is 5.56 Å². The number of carbonyl (C=O) groups is 2. The molecule has 18 heavy (non-hydrogen) atoms. The third kappa shape index (κ3) is 4.08. The summed E-state index contributed by atoms with van der Waals surface area (Å²) >= 11 is 0. The molecule has 0 aliphatic rings. The number of nitrogen functional groups attached to an aromatic ring is 1. The molecule has 1 amide bonds. The van der Waals surface area contributed by atoms with Crippen LogP contribution in [-0.2, 0) is 14.3 Å². The Kier molecular flexibility index (Phi) is 5.17. The smallest absolute Gasteiger partial charge is 0.313 e. The van der Waals surface area contributed by atoms with Gasteiger partial charge in [-0.15, -0.1) is 0 Å². The Morgan fingerprint density at radius 1 is 1.44 bits per heavy atom. The van der Waals surface area contributed by atoms with Crippen LogP contribution in [0, 0.1) is 0 Å². The Labute approximate surface area is 106 Å². The number of amides is 1. The predicted molar refractivity (Wildman–Crippen MR) is 68.9 cm³/mol. The molecule has 1 aromatic rings. The summed E-state index contributed by atoms with van der Waals surface area (Å²) < 4.78 is 5.03. The van der Waals surface area contributed by atoms with Crippen molar-refractivity contribution in [3.05, 3.63) is 29.8 Å². The van der Waals surface area contributed by atoms with Crippen LogP contribution >= 0.6 is 0 Å². The maximum absolute atomic E-state index is 11.7. The van der Waals surface area contributed by atoms with Gasteiger partial charge in [-0.05, 0) is 24.6 Å². The van der Waals surface area contributed by atoms with Crippen LogP contribution in [0.1, 0.15) is 24.8 Å². The van der Waals surface area contributed by atoms with Gasteiger partial charge in [0.05, 0.1) is 12.3 Å². The molecule has 0 aliphatic carbocycles. The van der Waals surface area contributed by atoms with Gasteiger partial charge < -0.3 is 15.8 Å². The fourth-order valence-corrected chi connectivity index (χ4v) is 1.46. The zero-order valence-corrected chi connectivity index (χ0v) is 10.6. The molecule has 0 aliphatic heterocycles. The fourth-order valence-electron chi connectivity index (χ4n) is 1.46. The summed E-state index contributed by atoms with van der Waals surface area (Å²) in [5, 5.41) is 2.46. The lowest BCUT2D eigenvalue weighted by Crippen LogP contribution is -2.21. The molecule has 0 fully saturated rings. The molecule has 0 bridgehead atoms. The molecule has 0 spiro atoms. The molecule has 0 aromatic heterocycles. The lowest BCUT2D eigenvalue weighted by Gasteiger charge is -2.12. The minimum Gasteiger partial charge on any atom is -0.465 e. The molecule has 1 aromatic carbocycles. The van der Waals surface area contributed by atoms with Crippen LogP contribution < -0.4 is 11.1 Å². The molecule has 1 rings (SSSR count). The highest BCUT2D eigenvalue weighted by atomic mass is 16.5. The third-order valence-corrected chi connectivity index (χ3v) is 2.62. The Bertz CT molecular complexity index is 432. The second kappa shape index (κ2) is 6.64. The number of hydrogen-bond acceptors (Lipinski definition) is 4. The van der Waals surface area contributed by atoms with Crippen molar-refractivity contribution in [2.75, 3.05) is 19.4 Å². The molecule has 1 unspecified atom stereocenters. The Morgan fingerprint density at radius 3 is 2.78 bits per heavy atom. The molecule has 0 heterocycles. The SMILES string of the molecule is CNC(=O)CCOC(=O)C(C)c1cccc(N)c1. The van der Waals surface area contributed by atoms with E-state index in [-0.39, 0.29) is 24.9 Å². The number of ether oxygens (including phenoxy) is 1. The lowest BCUT2D eigenvalue weighted by atomic mass is 10.0. The molecule has 0 radical (unpaired) electrons. The number of hydrogen-bond donors (Lipinski definition) is 2. The van der Waals surface area contributed by atoms with Gasteiger partial charge in [-0.2, -0.15) is 0 Å². The quantitative estimate of drug-likeness (QED) is 0.604. The first-order chi connectivity index (χ1) is 8.54. The largest absolute Gasteiger partial charge is 0.465 e. The number of esters is 1. The van der Waals surface area contributed by atoms with Crippen molar-refractivity contribution in [3.63, 3.8) is 0 Å². The highest BCUT2D eigenvalue weighted by Gasteiger charge is 2.17. The van der Waals surface area contributed by atoms with Crippen LogP contribution in [-0.4, -0.2) is 25.5 Å². The topological polar surface area (TPSA) is 81.4 Å². The summed E-state index contributed by atoms with van der Waals surface area (Å²) in [4.78, 5) is 22.7. The van der Waals surface area contributed by atoms with E-state index >= 15 is 0 Å². The maximum Gasteiger partial charge on any atom is 0.313 e. The van der Waals surface area contributed by atoms with Gasteiger partial charge in [-0.25, -0.2) is 0 Å². The van der Waals surface area contributed by atoms with E-state index in [2.05, 4.69) is 5.32 Å². The highest BCUT2D eigenvalue weighted by Crippen LogP contribution is 2.19. The van der Waals surface area contributed by atoms with Crippen LogP contribution in [0.4, 0.5) is 5.69 Å². The summed E-state index contributed by atoms with van der Waals surface area (Å²) in [5.41, 5.74) is 7.06. The van der Waals surface area contributed by atoms with Gasteiger partial charge in [0.25, 0.3) is 0 Å². The second-order valence-electron chi connectivity index (χ2n) is 3.98. The summed E-state index contributed by atoms with van der Waals surface area (Å²) in [6, 6.07) is 7.11. The number of rotatable bonds is 5. The molecule has 1 atom stereocenters. The van der Waals surface area contributed by atoms with Gasteiger partial charge in [-0.1, -0.05) is 12.1 Å². The number of benzene rings is 1. The fraction of sp³-hybridized carbons (Fsp3) is 0.385. The minimum atomic E-state index is -0.391. The van der Waals surface area contributed by atoms with E-state index < -0.39 is 5.92 Å². The summed E-state index contributed by atoms with van der Waals surface area (Å²) in [6.07, 6.45) is 0.173. The predicted octanol–water partition coefficient (Wildman–Crippen LogP) is 1.05. The number of carbonyl (C=O) groups excluding carboxylic acids is 2. The molecule has 5 heteroatoms. The van der Waals surface area contributed by atoms with Gasteiger partial charge >= 0.3 is 5.97 Å². The Morgan fingerprint density at radius 2 is 2.17 bits per heavy atom. The molecular weight excluding hydrogens is 232 g/mol. The van der Waals surface area contributed by atoms with Crippen molar-refractivity contribution >= 4 is 17.6 Å². The van der Waals surface area contributed by atoms with Crippen molar-refractivity contribution in [2.45, 2.75) is 19.3 Å². The molecule has 98 valence electrons. The molecule has 5 nitrogen and oxygen atoms in total. The number of anilines is 1. The Hall–Kier alpha value is -2.04. The van der Waals surface area contributed by atoms with E-state index in [0.29, 0.717) is 5.69 Å². The van der Waals surface area contributed by atoms with Gasteiger partial charge in [0.2, 0.25) is 5.91 Å². The van der Waals surface area contributed by atoms with Crippen LogP contribution in [0.25, 0.3) is 0 Å². The van der Waals surface area contributed by atoms with Crippen molar-refractivity contribution in [2.24, 2.45) is 0 Å². The number of nitrogens with one attached hydrogen (secondary N) is 1. The molecule has 0 saturated carbocycles. The summed E-state index contributed by atoms with van der Waals surface area (Å²) in [7, 11) is 1.54. The van der Waals surface area contributed by atoms with Gasteiger partial charge in [-0.3, -0.25) is 9.59 Å². The molecule has 3 N–H and O–H groups in total. The lowest BCUT2D eigenvalue weighted by molar-refractivity contribution is -0.145. The van der Waals surface area contributed by atoms with Gasteiger partial charge in [0, 0.05) is 12.7 Å². The first kappa shape index (κ1) is 14.0. The first-order valence-corrected chi connectivity index (χ1v) is 5.77. The zero-order valence-electron chi connectivity index (χ0n) is 10.6. The van der Waals surface area contributed by atoms with Crippen molar-refractivity contribution < 1.29 is 14.3 Å². The maximum atomic E-state index is 11.7. The average molecular weight is 250 g/mol. The minimum absolute atomic E-state index is 0.0885. The van der Waals surface area contributed by atoms with Crippen molar-refractivity contribution in [1.82, 2.24) is 5.32 Å². The Balaban J connectivity index is 2.49. The molecule has 0 saturated heterocycles. The van der Waals surface area contributed by atoms with E-state index in [9.17, 15) is 9.59 Å². The monoisotopic (exact) mass is 250 g/mol. The standard InChI is InChI=1S/C13H18N2O3/c1-9(10-4-3-5-11(14)8-10)13(17)18-7-6-12(16)15-2/h3-5,8-9H,6-7,14H2,1-2H3,(H,15,16). The van der Waals surface area contributed by atoms with Crippen LogP contribution in [0.2, 0.25) is 0 Å². The van der Waals surface area contributed by atoms with Crippen molar-refractivity contribution in [3.8, 4) is 0 Å². The summed E-state index contributed by atoms with van der Waals surface area (Å²) in [5.74, 6) is -0.901. The van der Waals surface area contributed by atoms with E-state index in [1.165, 1.54) is 0 Å². The van der Waals surface area contributed by atoms with E-state index in [1.807, 2.05) is 6.07 Å².